The second-order valence-corrected chi connectivity index (χ2v) is 4.27. The number of rotatable bonds is 2. The first-order valence-electron chi connectivity index (χ1n) is 5.72. The van der Waals surface area contributed by atoms with Crippen LogP contribution in [0.4, 0.5) is 5.69 Å². The molecule has 3 nitrogen and oxygen atoms in total. The van der Waals surface area contributed by atoms with Gasteiger partial charge in [-0.3, -0.25) is 4.79 Å². The van der Waals surface area contributed by atoms with Gasteiger partial charge in [0.25, 0.3) is 0 Å². The Bertz CT molecular complexity index is 493. The predicted octanol–water partition coefficient (Wildman–Crippen LogP) is 1.69. The molecule has 1 amide bonds. The number of hydrogen-bond donors (Lipinski definition) is 2. The Morgan fingerprint density at radius 3 is 2.94 bits per heavy atom. The van der Waals surface area contributed by atoms with Crippen LogP contribution in [0.15, 0.2) is 18.2 Å². The molecule has 0 bridgehead atoms. The van der Waals surface area contributed by atoms with Crippen molar-refractivity contribution in [3.05, 3.63) is 29.3 Å². The smallest absolute Gasteiger partial charge is 0.227 e. The van der Waals surface area contributed by atoms with E-state index in [2.05, 4.69) is 17.2 Å². The van der Waals surface area contributed by atoms with Gasteiger partial charge in [-0.25, -0.2) is 0 Å². The van der Waals surface area contributed by atoms with E-state index in [1.807, 2.05) is 25.1 Å². The second-order valence-electron chi connectivity index (χ2n) is 4.27. The molecule has 0 heterocycles. The molecule has 88 valence electrons. The van der Waals surface area contributed by atoms with Crippen molar-refractivity contribution in [1.29, 1.82) is 0 Å². The van der Waals surface area contributed by atoms with E-state index in [1.54, 1.807) is 0 Å². The van der Waals surface area contributed by atoms with Crippen LogP contribution < -0.4 is 5.32 Å². The molecule has 0 unspecified atom stereocenters. The number of amides is 1. The zero-order chi connectivity index (χ0) is 12.3. The van der Waals surface area contributed by atoms with Gasteiger partial charge in [0, 0.05) is 11.5 Å². The van der Waals surface area contributed by atoms with E-state index in [-0.39, 0.29) is 18.4 Å². The van der Waals surface area contributed by atoms with E-state index < -0.39 is 0 Å². The summed E-state index contributed by atoms with van der Waals surface area (Å²) in [4.78, 5) is 11.7. The molecule has 0 aliphatic heterocycles. The summed E-state index contributed by atoms with van der Waals surface area (Å²) in [6.45, 7) is 1.79. The molecular formula is C14H15NO2. The van der Waals surface area contributed by atoms with Crippen LogP contribution in [0, 0.1) is 24.7 Å². The lowest BCUT2D eigenvalue weighted by atomic mass is 10.1. The summed E-state index contributed by atoms with van der Waals surface area (Å²) in [5.74, 6) is 5.70. The molecule has 0 saturated heterocycles. The highest BCUT2D eigenvalue weighted by Crippen LogP contribution is 2.30. The number of hydrogen-bond acceptors (Lipinski definition) is 2. The molecule has 2 N–H and O–H groups in total. The normalized spacial score (nSPS) is 13.8. The Kier molecular flexibility index (Phi) is 3.46. The molecule has 0 atom stereocenters. The monoisotopic (exact) mass is 229 g/mol. The average molecular weight is 229 g/mol. The van der Waals surface area contributed by atoms with E-state index in [9.17, 15) is 4.79 Å². The highest BCUT2D eigenvalue weighted by molar-refractivity contribution is 5.95. The van der Waals surface area contributed by atoms with E-state index in [4.69, 9.17) is 5.11 Å². The number of carbonyl (C=O) groups is 1. The van der Waals surface area contributed by atoms with Crippen LogP contribution in [-0.4, -0.2) is 17.6 Å². The van der Waals surface area contributed by atoms with Crippen molar-refractivity contribution in [3.63, 3.8) is 0 Å². The van der Waals surface area contributed by atoms with Crippen molar-refractivity contribution in [3.8, 4) is 11.8 Å². The number of anilines is 1. The second kappa shape index (κ2) is 5.03. The lowest BCUT2D eigenvalue weighted by Gasteiger charge is -2.07. The minimum absolute atomic E-state index is 0.0703. The van der Waals surface area contributed by atoms with Crippen LogP contribution in [0.1, 0.15) is 24.0 Å². The maximum Gasteiger partial charge on any atom is 0.227 e. The quantitative estimate of drug-likeness (QED) is 0.758. The van der Waals surface area contributed by atoms with Crippen molar-refractivity contribution >= 4 is 11.6 Å². The van der Waals surface area contributed by atoms with Crippen LogP contribution in [0.25, 0.3) is 0 Å². The molecule has 1 fully saturated rings. The summed E-state index contributed by atoms with van der Waals surface area (Å²) >= 11 is 0. The minimum atomic E-state index is -0.177. The van der Waals surface area contributed by atoms with E-state index in [1.165, 1.54) is 0 Å². The lowest BCUT2D eigenvalue weighted by Crippen LogP contribution is -2.14. The Morgan fingerprint density at radius 2 is 2.29 bits per heavy atom. The Hall–Kier alpha value is -1.79. The van der Waals surface area contributed by atoms with Crippen molar-refractivity contribution in [1.82, 2.24) is 0 Å². The highest BCUT2D eigenvalue weighted by Gasteiger charge is 2.29. The molecule has 1 aromatic carbocycles. The molecule has 2 rings (SSSR count). The fraction of sp³-hybridized carbons (Fsp3) is 0.357. The first kappa shape index (κ1) is 11.7. The highest BCUT2D eigenvalue weighted by atomic mass is 16.2. The lowest BCUT2D eigenvalue weighted by molar-refractivity contribution is -0.117. The van der Waals surface area contributed by atoms with Gasteiger partial charge in [-0.05, 0) is 37.5 Å². The minimum Gasteiger partial charge on any atom is -0.384 e. The zero-order valence-corrected chi connectivity index (χ0v) is 9.79. The summed E-state index contributed by atoms with van der Waals surface area (Å²) in [6, 6.07) is 5.70. The molecule has 1 saturated carbocycles. The molecule has 0 aromatic heterocycles. The van der Waals surface area contributed by atoms with Crippen molar-refractivity contribution < 1.29 is 9.90 Å². The van der Waals surface area contributed by atoms with Crippen LogP contribution in [-0.2, 0) is 4.79 Å². The third-order valence-electron chi connectivity index (χ3n) is 2.68. The summed E-state index contributed by atoms with van der Waals surface area (Å²) in [6.07, 6.45) is 1.96. The van der Waals surface area contributed by atoms with Gasteiger partial charge in [-0.15, -0.1) is 0 Å². The predicted molar refractivity (Wildman–Crippen MR) is 66.5 cm³/mol. The Labute approximate surface area is 101 Å². The van der Waals surface area contributed by atoms with E-state index >= 15 is 0 Å². The standard InChI is InChI=1S/C14H15NO2/c1-10-4-7-13(12(9-10)3-2-8-16)15-14(17)11-5-6-11/h4,7,9,11,16H,5-6,8H2,1H3,(H,15,17). The summed E-state index contributed by atoms with van der Waals surface area (Å²) in [5.41, 5.74) is 2.57. The molecule has 0 spiro atoms. The van der Waals surface area contributed by atoms with Gasteiger partial charge in [0.2, 0.25) is 5.91 Å². The fourth-order valence-electron chi connectivity index (χ4n) is 1.59. The largest absolute Gasteiger partial charge is 0.384 e. The fourth-order valence-corrected chi connectivity index (χ4v) is 1.59. The Morgan fingerprint density at radius 1 is 1.53 bits per heavy atom. The van der Waals surface area contributed by atoms with E-state index in [0.717, 1.165) is 29.7 Å². The number of carbonyl (C=O) groups excluding carboxylic acids is 1. The van der Waals surface area contributed by atoms with Gasteiger partial charge < -0.3 is 10.4 Å². The molecule has 0 radical (unpaired) electrons. The maximum atomic E-state index is 11.7. The molecule has 17 heavy (non-hydrogen) atoms. The zero-order valence-electron chi connectivity index (χ0n) is 9.79. The molecule has 1 aromatic rings. The molecule has 1 aliphatic carbocycles. The van der Waals surface area contributed by atoms with Gasteiger partial charge in [-0.2, -0.15) is 0 Å². The number of aryl methyl sites for hydroxylation is 1. The number of aliphatic hydroxyl groups excluding tert-OH is 1. The van der Waals surface area contributed by atoms with Gasteiger partial charge in [-0.1, -0.05) is 17.9 Å². The summed E-state index contributed by atoms with van der Waals surface area (Å²) < 4.78 is 0. The van der Waals surface area contributed by atoms with Gasteiger partial charge in [0.15, 0.2) is 0 Å². The third kappa shape index (κ3) is 3.08. The van der Waals surface area contributed by atoms with E-state index in [0.29, 0.717) is 0 Å². The number of aliphatic hydroxyl groups is 1. The Balaban J connectivity index is 2.21. The average Bonchev–Trinajstić information content (AvgIpc) is 3.13. The van der Waals surface area contributed by atoms with Gasteiger partial charge >= 0.3 is 0 Å². The van der Waals surface area contributed by atoms with Crippen molar-refractivity contribution in [2.24, 2.45) is 5.92 Å². The van der Waals surface area contributed by atoms with Crippen molar-refractivity contribution in [2.45, 2.75) is 19.8 Å². The summed E-state index contributed by atoms with van der Waals surface area (Å²) in [5, 5.41) is 11.6. The molecule has 3 heteroatoms. The van der Waals surface area contributed by atoms with Gasteiger partial charge in [0.05, 0.1) is 5.69 Å². The first-order valence-corrected chi connectivity index (χ1v) is 5.72. The third-order valence-corrected chi connectivity index (χ3v) is 2.68. The SMILES string of the molecule is Cc1ccc(NC(=O)C2CC2)c(C#CCO)c1. The van der Waals surface area contributed by atoms with Crippen LogP contribution in [0.5, 0.6) is 0 Å². The van der Waals surface area contributed by atoms with Crippen LogP contribution >= 0.6 is 0 Å². The van der Waals surface area contributed by atoms with Crippen LogP contribution in [0.2, 0.25) is 0 Å². The molecule has 1 aliphatic rings. The maximum absolute atomic E-state index is 11.7. The number of benzene rings is 1. The topological polar surface area (TPSA) is 49.3 Å². The first-order chi connectivity index (χ1) is 8.20. The molecular weight excluding hydrogens is 214 g/mol. The summed E-state index contributed by atoms with van der Waals surface area (Å²) in [7, 11) is 0. The van der Waals surface area contributed by atoms with Crippen molar-refractivity contribution in [2.75, 3.05) is 11.9 Å². The van der Waals surface area contributed by atoms with Gasteiger partial charge in [0.1, 0.15) is 6.61 Å². The van der Waals surface area contributed by atoms with Crippen LogP contribution in [0.3, 0.4) is 0 Å². The number of nitrogens with one attached hydrogen (secondary N) is 1.